The molecule has 0 aliphatic carbocycles. The number of unbranched alkanes of at least 4 members (excludes halogenated alkanes) is 4. The molecule has 0 aromatic heterocycles. The molecule has 0 rings (SSSR count). The maximum absolute atomic E-state index is 11.0. The van der Waals surface area contributed by atoms with Gasteiger partial charge in [0, 0.05) is 0 Å². The van der Waals surface area contributed by atoms with Crippen LogP contribution < -0.4 is 0 Å². The summed E-state index contributed by atoms with van der Waals surface area (Å²) in [7, 11) is 0. The molecule has 0 aromatic rings. The summed E-state index contributed by atoms with van der Waals surface area (Å²) in [6.45, 7) is 2.09. The molecule has 0 saturated heterocycles. The zero-order chi connectivity index (χ0) is 19.8. The lowest BCUT2D eigenvalue weighted by Crippen LogP contribution is -2.53. The predicted octanol–water partition coefficient (Wildman–Crippen LogP) is 4.52. The van der Waals surface area contributed by atoms with Gasteiger partial charge in [0.1, 0.15) is 16.3 Å². The maximum atomic E-state index is 11.0. The van der Waals surface area contributed by atoms with Crippen LogP contribution in [0, 0.1) is 20.2 Å². The fourth-order valence-corrected chi connectivity index (χ4v) is 2.33. The summed E-state index contributed by atoms with van der Waals surface area (Å²) in [6, 6.07) is 0. The normalized spacial score (nSPS) is 12.3. The molecule has 0 bridgehead atoms. The van der Waals surface area contributed by atoms with Crippen LogP contribution in [0.15, 0.2) is 36.5 Å². The van der Waals surface area contributed by atoms with E-state index in [1.165, 1.54) is 0 Å². The van der Waals surface area contributed by atoms with Gasteiger partial charge in [0.15, 0.2) is 0 Å². The summed E-state index contributed by atoms with van der Waals surface area (Å²) in [5.74, 6) is -2.02. The van der Waals surface area contributed by atoms with Gasteiger partial charge in [0.25, 0.3) is 0 Å². The van der Waals surface area contributed by atoms with Crippen LogP contribution in [-0.2, 0) is 4.79 Å². The Labute approximate surface area is 153 Å². The molecule has 0 aromatic carbocycles. The third kappa shape index (κ3) is 8.55. The summed E-state index contributed by atoms with van der Waals surface area (Å²) in [6.07, 6.45) is 17.9. The molecule has 0 aliphatic rings. The number of nitrogens with zero attached hydrogens (tertiary/aromatic N) is 2. The highest BCUT2D eigenvalue weighted by Gasteiger charge is 2.64. The van der Waals surface area contributed by atoms with Crippen molar-refractivity contribution < 1.29 is 19.7 Å². The number of carbonyl (C=O) groups is 1. The van der Waals surface area contributed by atoms with E-state index in [0.29, 0.717) is 6.42 Å². The van der Waals surface area contributed by atoms with E-state index in [4.69, 9.17) is 5.11 Å². The summed E-state index contributed by atoms with van der Waals surface area (Å²) in [4.78, 5) is 30.0. The van der Waals surface area contributed by atoms with E-state index in [1.54, 1.807) is 0 Å². The van der Waals surface area contributed by atoms with Crippen LogP contribution in [0.1, 0.15) is 64.7 Å². The number of carboxylic acids is 1. The van der Waals surface area contributed by atoms with E-state index in [1.807, 2.05) is 0 Å². The van der Waals surface area contributed by atoms with Gasteiger partial charge in [0.05, 0.1) is 0 Å². The van der Waals surface area contributed by atoms with Crippen molar-refractivity contribution in [2.75, 3.05) is 0 Å². The molecular formula is C18H28N2O6. The number of nitro groups is 2. The minimum Gasteiger partial charge on any atom is -0.470 e. The van der Waals surface area contributed by atoms with Crippen molar-refractivity contribution in [1.82, 2.24) is 0 Å². The van der Waals surface area contributed by atoms with E-state index >= 15 is 0 Å². The molecule has 0 aliphatic heterocycles. The summed E-state index contributed by atoms with van der Waals surface area (Å²) in [5, 5.41) is 30.5. The standard InChI is InChI=1S/C18H28N2O6/c1-2-3-4-5-6-7-8-9-10-11-12-13-14-15-16-18(17(21)22,19(23)24)20(25)26/h3-4,6-7,9-10H,2,5,8,11-16H2,1H3,(H,21,22)/b4-3-,7-6-,10-9-. The van der Waals surface area contributed by atoms with Crippen LogP contribution in [0.2, 0.25) is 0 Å². The molecule has 0 heterocycles. The molecule has 0 radical (unpaired) electrons. The number of carboxylic acid groups (broad SMARTS) is 1. The molecule has 0 spiro atoms. The Morgan fingerprint density at radius 3 is 1.88 bits per heavy atom. The Bertz CT molecular complexity index is 504. The minimum atomic E-state index is -3.13. The van der Waals surface area contributed by atoms with E-state index in [9.17, 15) is 25.0 Å². The van der Waals surface area contributed by atoms with Crippen LogP contribution in [0.25, 0.3) is 0 Å². The fraction of sp³-hybridized carbons (Fsp3) is 0.611. The van der Waals surface area contributed by atoms with Crippen molar-refractivity contribution in [2.45, 2.75) is 70.4 Å². The summed E-state index contributed by atoms with van der Waals surface area (Å²) >= 11 is 0. The van der Waals surface area contributed by atoms with Crippen LogP contribution >= 0.6 is 0 Å². The van der Waals surface area contributed by atoms with Crippen LogP contribution in [0.3, 0.4) is 0 Å². The van der Waals surface area contributed by atoms with Gasteiger partial charge in [-0.2, -0.15) is 0 Å². The molecule has 0 atom stereocenters. The Balaban J connectivity index is 3.94. The van der Waals surface area contributed by atoms with Gasteiger partial charge in [0.2, 0.25) is 0 Å². The van der Waals surface area contributed by atoms with Crippen molar-refractivity contribution in [3.8, 4) is 0 Å². The quantitative estimate of drug-likeness (QED) is 0.149. The van der Waals surface area contributed by atoms with Crippen molar-refractivity contribution in [3.05, 3.63) is 56.7 Å². The molecule has 146 valence electrons. The molecule has 1 N–H and O–H groups in total. The number of hydrogen-bond donors (Lipinski definition) is 1. The molecular weight excluding hydrogens is 340 g/mol. The molecule has 26 heavy (non-hydrogen) atoms. The van der Waals surface area contributed by atoms with Crippen LogP contribution in [0.4, 0.5) is 0 Å². The second-order valence-electron chi connectivity index (χ2n) is 5.88. The number of rotatable bonds is 15. The van der Waals surface area contributed by atoms with Gasteiger partial charge in [-0.05, 0) is 38.5 Å². The second-order valence-corrected chi connectivity index (χ2v) is 5.88. The first-order chi connectivity index (χ1) is 12.4. The molecule has 8 heteroatoms. The highest BCUT2D eigenvalue weighted by molar-refractivity contribution is 5.74. The zero-order valence-corrected chi connectivity index (χ0v) is 15.2. The van der Waals surface area contributed by atoms with E-state index in [2.05, 4.69) is 43.4 Å². The van der Waals surface area contributed by atoms with E-state index in [-0.39, 0.29) is 6.42 Å². The van der Waals surface area contributed by atoms with Crippen molar-refractivity contribution in [1.29, 1.82) is 0 Å². The van der Waals surface area contributed by atoms with Crippen molar-refractivity contribution in [2.24, 2.45) is 0 Å². The minimum absolute atomic E-state index is 0.131. The Morgan fingerprint density at radius 2 is 1.38 bits per heavy atom. The average molecular weight is 368 g/mol. The van der Waals surface area contributed by atoms with Gasteiger partial charge in [-0.15, -0.1) is 0 Å². The lowest BCUT2D eigenvalue weighted by atomic mass is 10.0. The van der Waals surface area contributed by atoms with Gasteiger partial charge >= 0.3 is 11.6 Å². The van der Waals surface area contributed by atoms with Crippen molar-refractivity contribution >= 4 is 5.97 Å². The largest absolute Gasteiger partial charge is 0.552 e. The second kappa shape index (κ2) is 13.7. The first kappa shape index (κ1) is 23.5. The van der Waals surface area contributed by atoms with Crippen LogP contribution in [0.5, 0.6) is 0 Å². The monoisotopic (exact) mass is 368 g/mol. The van der Waals surface area contributed by atoms with Gasteiger partial charge in [-0.1, -0.05) is 56.2 Å². The number of hydrogen-bond acceptors (Lipinski definition) is 5. The van der Waals surface area contributed by atoms with Gasteiger partial charge < -0.3 is 5.11 Å². The van der Waals surface area contributed by atoms with E-state index < -0.39 is 27.9 Å². The smallest absolute Gasteiger partial charge is 0.470 e. The molecule has 0 unspecified atom stereocenters. The SMILES string of the molecule is CC/C=C\C/C=C\C/C=C\CCCCCCC(C(=O)O)([N+](=O)[O-])[N+](=O)[O-]. The Morgan fingerprint density at radius 1 is 0.885 bits per heavy atom. The zero-order valence-electron chi connectivity index (χ0n) is 15.2. The fourth-order valence-electron chi connectivity index (χ4n) is 2.33. The number of aliphatic carboxylic acids is 1. The lowest BCUT2D eigenvalue weighted by molar-refractivity contribution is -0.779. The van der Waals surface area contributed by atoms with Gasteiger partial charge in [-0.3, -0.25) is 20.2 Å². The summed E-state index contributed by atoms with van der Waals surface area (Å²) in [5.41, 5.74) is -3.13. The lowest BCUT2D eigenvalue weighted by Gasteiger charge is -2.12. The third-order valence-electron chi connectivity index (χ3n) is 3.87. The van der Waals surface area contributed by atoms with Crippen LogP contribution in [-0.4, -0.2) is 26.6 Å². The first-order valence-corrected chi connectivity index (χ1v) is 8.87. The first-order valence-electron chi connectivity index (χ1n) is 8.87. The Kier molecular flexibility index (Phi) is 12.4. The third-order valence-corrected chi connectivity index (χ3v) is 3.87. The van der Waals surface area contributed by atoms with E-state index in [0.717, 1.165) is 38.5 Å². The molecule has 0 fully saturated rings. The number of allylic oxidation sites excluding steroid dienone is 6. The Hall–Kier alpha value is -2.51. The van der Waals surface area contributed by atoms with Crippen molar-refractivity contribution in [3.63, 3.8) is 0 Å². The van der Waals surface area contributed by atoms with Gasteiger partial charge in [-0.25, -0.2) is 4.79 Å². The summed E-state index contributed by atoms with van der Waals surface area (Å²) < 4.78 is 0. The molecule has 0 amide bonds. The predicted molar refractivity (Wildman–Crippen MR) is 99.0 cm³/mol. The molecule has 8 nitrogen and oxygen atoms in total. The average Bonchev–Trinajstić information content (AvgIpc) is 2.57. The topological polar surface area (TPSA) is 124 Å². The highest BCUT2D eigenvalue weighted by Crippen LogP contribution is 2.21. The molecule has 0 saturated carbocycles. The maximum Gasteiger partial charge on any atom is 0.552 e. The highest BCUT2D eigenvalue weighted by atomic mass is 16.7.